The Kier molecular flexibility index (Phi) is 3.85. The van der Waals surface area contributed by atoms with E-state index in [0.29, 0.717) is 0 Å². The van der Waals surface area contributed by atoms with Crippen LogP contribution in [0.3, 0.4) is 0 Å². The summed E-state index contributed by atoms with van der Waals surface area (Å²) >= 11 is 1.65. The minimum absolute atomic E-state index is 0.218. The summed E-state index contributed by atoms with van der Waals surface area (Å²) in [5.74, 6) is 0.218. The number of carbonyl (C=O) groups is 1. The first-order chi connectivity index (χ1) is 11.2. The maximum Gasteiger partial charge on any atom is 0.264 e. The number of nitrogens with one attached hydrogen (secondary N) is 1. The zero-order valence-electron chi connectivity index (χ0n) is 13.5. The molecule has 1 aromatic heterocycles. The van der Waals surface area contributed by atoms with Gasteiger partial charge < -0.3 is 10.2 Å². The quantitative estimate of drug-likeness (QED) is 0.891. The molecule has 0 atom stereocenters. The molecule has 0 spiro atoms. The predicted octanol–water partition coefficient (Wildman–Crippen LogP) is 4.32. The average molecular weight is 326 g/mol. The molecule has 3 heterocycles. The van der Waals surface area contributed by atoms with E-state index in [4.69, 9.17) is 0 Å². The number of carbonyl (C=O) groups excluding carboxylic acids is 1. The molecule has 2 aromatic rings. The first-order valence-corrected chi connectivity index (χ1v) is 9.31. The number of benzene rings is 1. The number of hydrogen-bond acceptors (Lipinski definition) is 3. The van der Waals surface area contributed by atoms with Crippen LogP contribution in [0, 0.1) is 6.92 Å². The van der Waals surface area contributed by atoms with Crippen molar-refractivity contribution < 1.29 is 4.79 Å². The first-order valence-electron chi connectivity index (χ1n) is 8.49. The van der Waals surface area contributed by atoms with E-state index in [1.165, 1.54) is 28.1 Å². The standard InChI is InChI=1S/C19H22N2OS/c1-13-11-17(23-18(13)19(22)21-9-2-3-10-21)15-6-7-16-14(12-15)5-4-8-20-16/h6-7,11-12,20H,2-5,8-10H2,1H3. The fourth-order valence-corrected chi connectivity index (χ4v) is 4.67. The smallest absolute Gasteiger partial charge is 0.264 e. The Morgan fingerprint density at radius 2 is 2.00 bits per heavy atom. The molecule has 1 amide bonds. The lowest BCUT2D eigenvalue weighted by Crippen LogP contribution is -2.27. The van der Waals surface area contributed by atoms with E-state index in [-0.39, 0.29) is 5.91 Å². The van der Waals surface area contributed by atoms with E-state index in [9.17, 15) is 4.79 Å². The van der Waals surface area contributed by atoms with Gasteiger partial charge in [0.15, 0.2) is 0 Å². The number of thiophene rings is 1. The Balaban J connectivity index is 1.65. The summed E-state index contributed by atoms with van der Waals surface area (Å²) in [4.78, 5) is 16.8. The lowest BCUT2D eigenvalue weighted by molar-refractivity contribution is 0.0797. The highest BCUT2D eigenvalue weighted by molar-refractivity contribution is 7.17. The Labute approximate surface area is 141 Å². The summed E-state index contributed by atoms with van der Waals surface area (Å²) in [6.07, 6.45) is 4.61. The van der Waals surface area contributed by atoms with Gasteiger partial charge in [-0.3, -0.25) is 4.79 Å². The summed E-state index contributed by atoms with van der Waals surface area (Å²) in [6, 6.07) is 8.82. The predicted molar refractivity (Wildman–Crippen MR) is 96.4 cm³/mol. The summed E-state index contributed by atoms with van der Waals surface area (Å²) in [5, 5.41) is 3.46. The number of likely N-dealkylation sites (tertiary alicyclic amines) is 1. The van der Waals surface area contributed by atoms with E-state index in [1.54, 1.807) is 11.3 Å². The monoisotopic (exact) mass is 326 g/mol. The highest BCUT2D eigenvalue weighted by atomic mass is 32.1. The highest BCUT2D eigenvalue weighted by Crippen LogP contribution is 2.35. The zero-order chi connectivity index (χ0) is 15.8. The van der Waals surface area contributed by atoms with Crippen LogP contribution in [0.2, 0.25) is 0 Å². The first kappa shape index (κ1) is 14.8. The van der Waals surface area contributed by atoms with Crippen LogP contribution in [0.4, 0.5) is 5.69 Å². The molecule has 4 heteroatoms. The SMILES string of the molecule is Cc1cc(-c2ccc3c(c2)CCCN3)sc1C(=O)N1CCCC1. The molecule has 0 radical (unpaired) electrons. The minimum atomic E-state index is 0.218. The number of rotatable bonds is 2. The third-order valence-corrected chi connectivity index (χ3v) is 6.11. The molecule has 120 valence electrons. The summed E-state index contributed by atoms with van der Waals surface area (Å²) in [5.41, 5.74) is 5.01. The van der Waals surface area contributed by atoms with E-state index in [2.05, 4.69) is 36.5 Å². The maximum absolute atomic E-state index is 12.7. The van der Waals surface area contributed by atoms with Crippen LogP contribution in [-0.4, -0.2) is 30.4 Å². The van der Waals surface area contributed by atoms with Crippen molar-refractivity contribution in [2.45, 2.75) is 32.6 Å². The molecule has 3 nitrogen and oxygen atoms in total. The van der Waals surface area contributed by atoms with E-state index >= 15 is 0 Å². The van der Waals surface area contributed by atoms with Crippen molar-refractivity contribution >= 4 is 22.9 Å². The van der Waals surface area contributed by atoms with Gasteiger partial charge >= 0.3 is 0 Å². The molecule has 0 bridgehead atoms. The van der Waals surface area contributed by atoms with Crippen molar-refractivity contribution in [2.75, 3.05) is 25.0 Å². The fraction of sp³-hybridized carbons (Fsp3) is 0.421. The average Bonchev–Trinajstić information content (AvgIpc) is 3.23. The van der Waals surface area contributed by atoms with Gasteiger partial charge in [-0.15, -0.1) is 11.3 Å². The number of amides is 1. The molecule has 0 unspecified atom stereocenters. The molecule has 2 aliphatic heterocycles. The van der Waals surface area contributed by atoms with Crippen LogP contribution in [0.15, 0.2) is 24.3 Å². The van der Waals surface area contributed by atoms with Crippen molar-refractivity contribution in [3.05, 3.63) is 40.3 Å². The van der Waals surface area contributed by atoms with Gasteiger partial charge in [0.05, 0.1) is 4.88 Å². The van der Waals surface area contributed by atoms with Gasteiger partial charge in [0.1, 0.15) is 0 Å². The molecule has 1 aromatic carbocycles. The van der Waals surface area contributed by atoms with Crippen LogP contribution in [-0.2, 0) is 6.42 Å². The molecular weight excluding hydrogens is 304 g/mol. The van der Waals surface area contributed by atoms with Gasteiger partial charge in [0.25, 0.3) is 5.91 Å². The molecule has 0 aliphatic carbocycles. The van der Waals surface area contributed by atoms with Crippen molar-refractivity contribution in [3.8, 4) is 10.4 Å². The lowest BCUT2D eigenvalue weighted by atomic mass is 10.00. The Morgan fingerprint density at radius 1 is 1.17 bits per heavy atom. The molecule has 23 heavy (non-hydrogen) atoms. The van der Waals surface area contributed by atoms with Crippen LogP contribution < -0.4 is 5.32 Å². The van der Waals surface area contributed by atoms with E-state index < -0.39 is 0 Å². The molecule has 0 saturated carbocycles. The van der Waals surface area contributed by atoms with Crippen molar-refractivity contribution in [3.63, 3.8) is 0 Å². The second-order valence-electron chi connectivity index (χ2n) is 6.52. The van der Waals surface area contributed by atoms with Crippen LogP contribution in [0.25, 0.3) is 10.4 Å². The lowest BCUT2D eigenvalue weighted by Gasteiger charge is -2.18. The third kappa shape index (κ3) is 2.76. The van der Waals surface area contributed by atoms with Crippen molar-refractivity contribution in [2.24, 2.45) is 0 Å². The van der Waals surface area contributed by atoms with E-state index in [0.717, 1.165) is 49.3 Å². The number of fused-ring (bicyclic) bond motifs is 1. The number of aryl methyl sites for hydroxylation is 2. The molecule has 1 N–H and O–H groups in total. The normalized spacial score (nSPS) is 17.0. The minimum Gasteiger partial charge on any atom is -0.385 e. The molecule has 1 saturated heterocycles. The molecule has 1 fully saturated rings. The van der Waals surface area contributed by atoms with Gasteiger partial charge in [-0.25, -0.2) is 0 Å². The number of anilines is 1. The van der Waals surface area contributed by atoms with Gasteiger partial charge in [0.2, 0.25) is 0 Å². The van der Waals surface area contributed by atoms with Crippen LogP contribution >= 0.6 is 11.3 Å². The fourth-order valence-electron chi connectivity index (χ4n) is 3.53. The largest absolute Gasteiger partial charge is 0.385 e. The maximum atomic E-state index is 12.7. The van der Waals surface area contributed by atoms with Crippen LogP contribution in [0.5, 0.6) is 0 Å². The number of nitrogens with zero attached hydrogens (tertiary/aromatic N) is 1. The summed E-state index contributed by atoms with van der Waals surface area (Å²) in [6.45, 7) is 4.95. The molecule has 4 rings (SSSR count). The van der Waals surface area contributed by atoms with Crippen molar-refractivity contribution in [1.29, 1.82) is 0 Å². The Morgan fingerprint density at radius 3 is 2.83 bits per heavy atom. The van der Waals surface area contributed by atoms with Gasteiger partial charge in [-0.05, 0) is 67.5 Å². The van der Waals surface area contributed by atoms with Crippen LogP contribution in [0.1, 0.15) is 40.1 Å². The topological polar surface area (TPSA) is 32.3 Å². The Bertz CT molecular complexity index is 744. The van der Waals surface area contributed by atoms with Gasteiger partial charge in [-0.1, -0.05) is 6.07 Å². The second-order valence-corrected chi connectivity index (χ2v) is 7.58. The molecular formula is C19H22N2OS. The van der Waals surface area contributed by atoms with Crippen molar-refractivity contribution in [1.82, 2.24) is 4.90 Å². The third-order valence-electron chi connectivity index (χ3n) is 4.83. The summed E-state index contributed by atoms with van der Waals surface area (Å²) in [7, 11) is 0. The van der Waals surface area contributed by atoms with Gasteiger partial charge in [0, 0.05) is 30.2 Å². The molecule has 2 aliphatic rings. The Hall–Kier alpha value is -1.81. The highest BCUT2D eigenvalue weighted by Gasteiger charge is 2.23. The zero-order valence-corrected chi connectivity index (χ0v) is 14.3. The van der Waals surface area contributed by atoms with E-state index in [1.807, 2.05) is 4.90 Å². The summed E-state index contributed by atoms with van der Waals surface area (Å²) < 4.78 is 0. The second kappa shape index (κ2) is 6.00. The number of hydrogen-bond donors (Lipinski definition) is 1. The van der Waals surface area contributed by atoms with Gasteiger partial charge in [-0.2, -0.15) is 0 Å².